The van der Waals surface area contributed by atoms with Crippen LogP contribution in [-0.4, -0.2) is 16.5 Å². The SMILES string of the molecule is CCSc1ccsc1C1C(C#N)=C(N)N(c2ccc([N+](=O)[O-])cc2Cl)C2=C1C(=O)CCC2. The summed E-state index contributed by atoms with van der Waals surface area (Å²) < 4.78 is 0. The van der Waals surface area contributed by atoms with E-state index in [0.29, 0.717) is 36.2 Å². The summed E-state index contributed by atoms with van der Waals surface area (Å²) >= 11 is 9.60. The number of nitro benzene ring substituents is 1. The molecule has 2 N–H and O–H groups in total. The van der Waals surface area contributed by atoms with Crippen molar-refractivity contribution in [2.24, 2.45) is 5.73 Å². The van der Waals surface area contributed by atoms with Crippen molar-refractivity contribution in [2.75, 3.05) is 10.7 Å². The number of allylic oxidation sites excluding steroid dienone is 3. The van der Waals surface area contributed by atoms with E-state index >= 15 is 0 Å². The maximum Gasteiger partial charge on any atom is 0.271 e. The second-order valence-corrected chi connectivity index (χ2v) is 9.95. The minimum atomic E-state index is -0.527. The number of benzene rings is 1. The third-order valence-electron chi connectivity index (χ3n) is 5.52. The van der Waals surface area contributed by atoms with Crippen LogP contribution in [-0.2, 0) is 4.79 Å². The maximum atomic E-state index is 13.2. The van der Waals surface area contributed by atoms with Crippen LogP contribution in [0.4, 0.5) is 11.4 Å². The fourth-order valence-corrected chi connectivity index (χ4v) is 6.52. The average Bonchev–Trinajstić information content (AvgIpc) is 3.21. The molecule has 1 aromatic carbocycles. The molecule has 10 heteroatoms. The van der Waals surface area contributed by atoms with Crippen LogP contribution in [0.2, 0.25) is 5.02 Å². The van der Waals surface area contributed by atoms with Crippen molar-refractivity contribution >= 4 is 51.9 Å². The van der Waals surface area contributed by atoms with Crippen molar-refractivity contribution in [1.82, 2.24) is 0 Å². The molecule has 164 valence electrons. The summed E-state index contributed by atoms with van der Waals surface area (Å²) in [5, 5.41) is 23.3. The van der Waals surface area contributed by atoms with Gasteiger partial charge in [0.05, 0.1) is 33.2 Å². The molecule has 0 bridgehead atoms. The summed E-state index contributed by atoms with van der Waals surface area (Å²) in [6.07, 6.45) is 1.64. The molecule has 1 aromatic heterocycles. The number of rotatable bonds is 5. The molecule has 0 fully saturated rings. The highest BCUT2D eigenvalue weighted by Crippen LogP contribution is 2.50. The number of thioether (sulfide) groups is 1. The van der Waals surface area contributed by atoms with E-state index in [1.165, 1.54) is 29.5 Å². The van der Waals surface area contributed by atoms with Gasteiger partial charge in [-0.1, -0.05) is 18.5 Å². The van der Waals surface area contributed by atoms with Gasteiger partial charge in [0.1, 0.15) is 5.82 Å². The number of nitrogens with zero attached hydrogens (tertiary/aromatic N) is 3. The lowest BCUT2D eigenvalue weighted by atomic mass is 9.78. The first kappa shape index (κ1) is 22.4. The number of carbonyl (C=O) groups excluding carboxylic acids is 1. The van der Waals surface area contributed by atoms with E-state index in [4.69, 9.17) is 17.3 Å². The second kappa shape index (κ2) is 8.98. The van der Waals surface area contributed by atoms with Crippen LogP contribution in [0.5, 0.6) is 0 Å². The van der Waals surface area contributed by atoms with Gasteiger partial charge in [-0.05, 0) is 36.1 Å². The molecule has 0 amide bonds. The summed E-state index contributed by atoms with van der Waals surface area (Å²) in [5.41, 5.74) is 8.38. The fourth-order valence-electron chi connectivity index (χ4n) is 4.21. The Morgan fingerprint density at radius 2 is 2.19 bits per heavy atom. The van der Waals surface area contributed by atoms with Crippen LogP contribution >= 0.6 is 34.7 Å². The number of hydrogen-bond acceptors (Lipinski definition) is 8. The third-order valence-corrected chi connectivity index (χ3v) is 7.88. The quantitative estimate of drug-likeness (QED) is 0.326. The van der Waals surface area contributed by atoms with Crippen LogP contribution in [0.15, 0.2) is 57.2 Å². The minimum absolute atomic E-state index is 0.0135. The van der Waals surface area contributed by atoms with Crippen molar-refractivity contribution in [2.45, 2.75) is 37.0 Å². The minimum Gasteiger partial charge on any atom is -0.384 e. The van der Waals surface area contributed by atoms with Gasteiger partial charge in [-0.3, -0.25) is 19.8 Å². The summed E-state index contributed by atoms with van der Waals surface area (Å²) in [5.74, 6) is 0.523. The Morgan fingerprint density at radius 3 is 2.84 bits per heavy atom. The zero-order valence-electron chi connectivity index (χ0n) is 17.1. The third kappa shape index (κ3) is 3.68. The highest BCUT2D eigenvalue weighted by molar-refractivity contribution is 7.99. The molecule has 1 unspecified atom stereocenters. The number of hydrogen-bond donors (Lipinski definition) is 1. The molecule has 0 spiro atoms. The predicted molar refractivity (Wildman–Crippen MR) is 127 cm³/mol. The second-order valence-electron chi connectivity index (χ2n) is 7.29. The summed E-state index contributed by atoms with van der Waals surface area (Å²) in [6.45, 7) is 2.05. The van der Waals surface area contributed by atoms with Gasteiger partial charge in [0, 0.05) is 39.6 Å². The Labute approximate surface area is 198 Å². The van der Waals surface area contributed by atoms with Crippen LogP contribution in [0.25, 0.3) is 0 Å². The highest BCUT2D eigenvalue weighted by Gasteiger charge is 2.42. The van der Waals surface area contributed by atoms with Gasteiger partial charge in [0.2, 0.25) is 0 Å². The molecular formula is C22H19ClN4O3S2. The van der Waals surface area contributed by atoms with Gasteiger partial charge in [-0.25, -0.2) is 0 Å². The molecule has 2 aliphatic rings. The number of Topliss-reactive ketones (excluding diaryl/α,β-unsaturated/α-hetero) is 1. The molecule has 1 aliphatic heterocycles. The Kier molecular flexibility index (Phi) is 6.29. The van der Waals surface area contributed by atoms with E-state index in [-0.39, 0.29) is 27.9 Å². The number of nitriles is 1. The zero-order chi connectivity index (χ0) is 23.0. The van der Waals surface area contributed by atoms with Crippen molar-refractivity contribution in [1.29, 1.82) is 5.26 Å². The first-order valence-corrected chi connectivity index (χ1v) is 12.2. The van der Waals surface area contributed by atoms with E-state index in [1.54, 1.807) is 16.7 Å². The number of nitrogens with two attached hydrogens (primary N) is 1. The smallest absolute Gasteiger partial charge is 0.271 e. The molecule has 32 heavy (non-hydrogen) atoms. The monoisotopic (exact) mass is 486 g/mol. The maximum absolute atomic E-state index is 13.2. The Hall–Kier alpha value is -2.80. The number of thiophene rings is 1. The van der Waals surface area contributed by atoms with E-state index in [1.807, 2.05) is 11.4 Å². The standard InChI is InChI=1S/C22H19ClN4O3S2/c1-2-31-18-8-9-32-21(18)19-13(11-24)22(25)26(16-4-3-5-17(28)20(16)19)15-7-6-12(27(29)30)10-14(15)23/h6-10,19H,2-5,25H2,1H3. The van der Waals surface area contributed by atoms with E-state index in [2.05, 4.69) is 13.0 Å². The lowest BCUT2D eigenvalue weighted by molar-refractivity contribution is -0.384. The molecule has 7 nitrogen and oxygen atoms in total. The summed E-state index contributed by atoms with van der Waals surface area (Å²) in [6, 6.07) is 8.35. The Balaban J connectivity index is 1.95. The van der Waals surface area contributed by atoms with Gasteiger partial charge in [0.25, 0.3) is 5.69 Å². The number of halogens is 1. The number of non-ortho nitro benzene ring substituents is 1. The predicted octanol–water partition coefficient (Wildman–Crippen LogP) is 5.73. The lowest BCUT2D eigenvalue weighted by Crippen LogP contribution is -2.38. The van der Waals surface area contributed by atoms with Gasteiger partial charge < -0.3 is 5.73 Å². The number of anilines is 1. The number of carbonyl (C=O) groups is 1. The Morgan fingerprint density at radius 1 is 1.41 bits per heavy atom. The summed E-state index contributed by atoms with van der Waals surface area (Å²) in [7, 11) is 0. The molecule has 2 aromatic rings. The molecule has 4 rings (SSSR count). The molecule has 1 atom stereocenters. The van der Waals surface area contributed by atoms with Crippen LogP contribution in [0.1, 0.15) is 37.0 Å². The Bertz CT molecular complexity index is 1230. The van der Waals surface area contributed by atoms with Gasteiger partial charge in [-0.2, -0.15) is 5.26 Å². The van der Waals surface area contributed by atoms with Gasteiger partial charge in [-0.15, -0.1) is 23.1 Å². The first-order valence-electron chi connectivity index (χ1n) is 9.99. The van der Waals surface area contributed by atoms with E-state index in [0.717, 1.165) is 15.5 Å². The molecule has 2 heterocycles. The highest BCUT2D eigenvalue weighted by atomic mass is 35.5. The zero-order valence-corrected chi connectivity index (χ0v) is 19.5. The van der Waals surface area contributed by atoms with Crippen molar-refractivity contribution in [3.05, 3.63) is 72.3 Å². The molecule has 1 aliphatic carbocycles. The fraction of sp³-hybridized carbons (Fsp3) is 0.273. The van der Waals surface area contributed by atoms with Crippen molar-refractivity contribution in [3.8, 4) is 6.07 Å². The van der Waals surface area contributed by atoms with Crippen LogP contribution < -0.4 is 10.6 Å². The average molecular weight is 487 g/mol. The van der Waals surface area contributed by atoms with Crippen molar-refractivity contribution < 1.29 is 9.72 Å². The van der Waals surface area contributed by atoms with Crippen LogP contribution in [0, 0.1) is 21.4 Å². The van der Waals surface area contributed by atoms with Gasteiger partial charge >= 0.3 is 0 Å². The topological polar surface area (TPSA) is 113 Å². The molecule has 0 saturated carbocycles. The molecular weight excluding hydrogens is 468 g/mol. The normalized spacial score (nSPS) is 18.6. The van der Waals surface area contributed by atoms with Crippen molar-refractivity contribution in [3.63, 3.8) is 0 Å². The lowest BCUT2D eigenvalue weighted by Gasteiger charge is -2.39. The number of nitro groups is 1. The molecule has 0 radical (unpaired) electrons. The summed E-state index contributed by atoms with van der Waals surface area (Å²) in [4.78, 5) is 27.4. The van der Waals surface area contributed by atoms with Gasteiger partial charge in [0.15, 0.2) is 5.78 Å². The van der Waals surface area contributed by atoms with E-state index < -0.39 is 10.8 Å². The van der Waals surface area contributed by atoms with Crippen LogP contribution in [0.3, 0.4) is 0 Å². The largest absolute Gasteiger partial charge is 0.384 e. The number of ketones is 1. The van der Waals surface area contributed by atoms with E-state index in [9.17, 15) is 20.2 Å². The molecule has 0 saturated heterocycles. The first-order chi connectivity index (χ1) is 15.4.